The van der Waals surface area contributed by atoms with Crippen LogP contribution in [0.1, 0.15) is 22.3 Å². The summed E-state index contributed by atoms with van der Waals surface area (Å²) in [6.45, 7) is -0.150. The fraction of sp³-hybridized carbons (Fsp3) is 0.105. The zero-order valence-electron chi connectivity index (χ0n) is 13.7. The van der Waals surface area contributed by atoms with Crippen molar-refractivity contribution in [1.82, 2.24) is 10.6 Å². The van der Waals surface area contributed by atoms with Crippen LogP contribution in [0.25, 0.3) is 6.08 Å². The van der Waals surface area contributed by atoms with Crippen LogP contribution in [0.15, 0.2) is 60.3 Å². The molecule has 0 aromatic heterocycles. The predicted octanol–water partition coefficient (Wildman–Crippen LogP) is 0.853. The minimum Gasteiger partial charge on any atom is -0.550 e. The second-order valence-corrected chi connectivity index (χ2v) is 5.31. The lowest BCUT2D eigenvalue weighted by Crippen LogP contribution is -2.37. The average molecular weight is 355 g/mol. The Morgan fingerprint density at radius 3 is 2.27 bits per heavy atom. The minimum atomic E-state index is -1.30. The van der Waals surface area contributed by atoms with Gasteiger partial charge in [-0.1, -0.05) is 30.3 Å². The molecule has 0 heterocycles. The molecule has 0 aliphatic heterocycles. The van der Waals surface area contributed by atoms with Gasteiger partial charge in [0.05, 0.1) is 0 Å². The number of rotatable bonds is 7. The first-order valence-corrected chi connectivity index (χ1v) is 7.77. The molecule has 2 aromatic carbocycles. The largest absolute Gasteiger partial charge is 0.550 e. The molecule has 2 aromatic rings. The number of amides is 2. The van der Waals surface area contributed by atoms with Gasteiger partial charge in [0, 0.05) is 24.5 Å². The summed E-state index contributed by atoms with van der Waals surface area (Å²) in [7, 11) is 0. The molecular formula is C19H16FN2O4-. The molecule has 6 nitrogen and oxygen atoms in total. The number of benzene rings is 2. The molecule has 0 spiro atoms. The third kappa shape index (κ3) is 5.86. The number of hydrogen-bond donors (Lipinski definition) is 2. The van der Waals surface area contributed by atoms with E-state index in [2.05, 4.69) is 10.6 Å². The quantitative estimate of drug-likeness (QED) is 0.720. The fourth-order valence-electron chi connectivity index (χ4n) is 2.04. The maximum atomic E-state index is 13.0. The SMILES string of the molecule is O=C([O-])CCNC(=O)/C(=C/c1ccc(F)cc1)NC(=O)c1ccccc1. The van der Waals surface area contributed by atoms with Crippen molar-refractivity contribution in [2.75, 3.05) is 6.54 Å². The molecule has 0 saturated heterocycles. The van der Waals surface area contributed by atoms with Crippen LogP contribution in [-0.4, -0.2) is 24.3 Å². The molecular weight excluding hydrogens is 339 g/mol. The Hall–Kier alpha value is -3.48. The van der Waals surface area contributed by atoms with E-state index in [4.69, 9.17) is 0 Å². The summed E-state index contributed by atoms with van der Waals surface area (Å²) in [5.74, 6) is -2.91. The normalized spacial score (nSPS) is 10.9. The maximum Gasteiger partial charge on any atom is 0.267 e. The van der Waals surface area contributed by atoms with Gasteiger partial charge in [-0.2, -0.15) is 0 Å². The summed E-state index contributed by atoms with van der Waals surface area (Å²) in [6.07, 6.45) is 1.01. The van der Waals surface area contributed by atoms with E-state index < -0.39 is 23.6 Å². The van der Waals surface area contributed by atoms with Crippen molar-refractivity contribution >= 4 is 23.9 Å². The monoisotopic (exact) mass is 355 g/mol. The number of carboxylic acids is 1. The van der Waals surface area contributed by atoms with Crippen molar-refractivity contribution < 1.29 is 23.9 Å². The molecule has 2 N–H and O–H groups in total. The molecule has 0 fully saturated rings. The first-order chi connectivity index (χ1) is 12.5. The Labute approximate surface area is 149 Å². The lowest BCUT2D eigenvalue weighted by atomic mass is 10.1. The van der Waals surface area contributed by atoms with Crippen molar-refractivity contribution in [2.24, 2.45) is 0 Å². The van der Waals surface area contributed by atoms with E-state index >= 15 is 0 Å². The number of carbonyl (C=O) groups is 3. The van der Waals surface area contributed by atoms with Gasteiger partial charge >= 0.3 is 0 Å². The van der Waals surface area contributed by atoms with E-state index in [0.29, 0.717) is 11.1 Å². The lowest BCUT2D eigenvalue weighted by Gasteiger charge is -2.11. The Morgan fingerprint density at radius 1 is 1.00 bits per heavy atom. The second kappa shape index (κ2) is 9.12. The first-order valence-electron chi connectivity index (χ1n) is 7.77. The number of carboxylic acid groups (broad SMARTS) is 1. The van der Waals surface area contributed by atoms with Crippen molar-refractivity contribution in [3.8, 4) is 0 Å². The highest BCUT2D eigenvalue weighted by atomic mass is 19.1. The van der Waals surface area contributed by atoms with Crippen LogP contribution in [0.4, 0.5) is 4.39 Å². The molecule has 0 radical (unpaired) electrons. The molecule has 0 aliphatic carbocycles. The molecule has 26 heavy (non-hydrogen) atoms. The molecule has 0 atom stereocenters. The summed E-state index contributed by atoms with van der Waals surface area (Å²) >= 11 is 0. The summed E-state index contributed by atoms with van der Waals surface area (Å²) in [4.78, 5) is 35.0. The number of halogens is 1. The Balaban J connectivity index is 2.20. The summed E-state index contributed by atoms with van der Waals surface area (Å²) < 4.78 is 13.0. The van der Waals surface area contributed by atoms with Crippen molar-refractivity contribution in [1.29, 1.82) is 0 Å². The van der Waals surface area contributed by atoms with Gasteiger partial charge in [0.2, 0.25) is 0 Å². The molecule has 134 valence electrons. The van der Waals surface area contributed by atoms with E-state index in [-0.39, 0.29) is 18.7 Å². The van der Waals surface area contributed by atoms with Gasteiger partial charge in [0.25, 0.3) is 11.8 Å². The van der Waals surface area contributed by atoms with Gasteiger partial charge < -0.3 is 20.5 Å². The van der Waals surface area contributed by atoms with Crippen LogP contribution in [0.5, 0.6) is 0 Å². The topological polar surface area (TPSA) is 98.3 Å². The van der Waals surface area contributed by atoms with Gasteiger partial charge in [-0.3, -0.25) is 9.59 Å². The maximum absolute atomic E-state index is 13.0. The third-order valence-corrected chi connectivity index (χ3v) is 3.32. The summed E-state index contributed by atoms with van der Waals surface area (Å²) in [5, 5.41) is 15.3. The first kappa shape index (κ1) is 18.9. The number of nitrogens with one attached hydrogen (secondary N) is 2. The summed E-state index contributed by atoms with van der Waals surface area (Å²) in [5.41, 5.74) is 0.744. The number of aliphatic carboxylic acids is 1. The van der Waals surface area contributed by atoms with E-state index in [9.17, 15) is 23.9 Å². The second-order valence-electron chi connectivity index (χ2n) is 5.31. The predicted molar refractivity (Wildman–Crippen MR) is 90.9 cm³/mol. The highest BCUT2D eigenvalue weighted by molar-refractivity contribution is 6.05. The van der Waals surface area contributed by atoms with Gasteiger partial charge in [-0.05, 0) is 35.9 Å². The van der Waals surface area contributed by atoms with Gasteiger partial charge in [0.15, 0.2) is 0 Å². The van der Waals surface area contributed by atoms with E-state index in [1.807, 2.05) is 0 Å². The zero-order chi connectivity index (χ0) is 18.9. The van der Waals surface area contributed by atoms with Crippen LogP contribution in [0.3, 0.4) is 0 Å². The van der Waals surface area contributed by atoms with Crippen molar-refractivity contribution in [3.05, 3.63) is 77.2 Å². The lowest BCUT2D eigenvalue weighted by molar-refractivity contribution is -0.305. The van der Waals surface area contributed by atoms with Gasteiger partial charge in [-0.15, -0.1) is 0 Å². The molecule has 0 unspecified atom stereocenters. The van der Waals surface area contributed by atoms with E-state index in [1.165, 1.54) is 30.3 Å². The highest BCUT2D eigenvalue weighted by Crippen LogP contribution is 2.09. The Morgan fingerprint density at radius 2 is 1.65 bits per heavy atom. The fourth-order valence-corrected chi connectivity index (χ4v) is 2.04. The molecule has 0 saturated carbocycles. The van der Waals surface area contributed by atoms with E-state index in [0.717, 1.165) is 0 Å². The Kier molecular flexibility index (Phi) is 6.61. The minimum absolute atomic E-state index is 0.0937. The van der Waals surface area contributed by atoms with Crippen molar-refractivity contribution in [3.63, 3.8) is 0 Å². The number of hydrogen-bond acceptors (Lipinski definition) is 4. The van der Waals surface area contributed by atoms with Crippen LogP contribution < -0.4 is 15.7 Å². The van der Waals surface area contributed by atoms with E-state index in [1.54, 1.807) is 30.3 Å². The zero-order valence-corrected chi connectivity index (χ0v) is 13.7. The molecule has 7 heteroatoms. The third-order valence-electron chi connectivity index (χ3n) is 3.32. The highest BCUT2D eigenvalue weighted by Gasteiger charge is 2.14. The van der Waals surface area contributed by atoms with Gasteiger partial charge in [0.1, 0.15) is 11.5 Å². The van der Waals surface area contributed by atoms with Gasteiger partial charge in [-0.25, -0.2) is 4.39 Å². The molecule has 2 amide bonds. The van der Waals surface area contributed by atoms with Crippen molar-refractivity contribution in [2.45, 2.75) is 6.42 Å². The molecule has 0 aliphatic rings. The van der Waals surface area contributed by atoms with Crippen LogP contribution in [-0.2, 0) is 9.59 Å². The average Bonchev–Trinajstić information content (AvgIpc) is 2.63. The molecule has 0 bridgehead atoms. The Bertz CT molecular complexity index is 817. The van der Waals surface area contributed by atoms with Crippen LogP contribution >= 0.6 is 0 Å². The number of carbonyl (C=O) groups excluding carboxylic acids is 3. The standard InChI is InChI=1S/C19H17FN2O4/c20-15-8-6-13(7-9-15)12-16(19(26)21-11-10-17(23)24)22-18(25)14-4-2-1-3-5-14/h1-9,12H,10-11H2,(H,21,26)(H,22,25)(H,23,24)/p-1/b16-12-. The smallest absolute Gasteiger partial charge is 0.267 e. The summed E-state index contributed by atoms with van der Waals surface area (Å²) in [6, 6.07) is 13.6. The van der Waals surface area contributed by atoms with Crippen LogP contribution in [0, 0.1) is 5.82 Å². The molecule has 2 rings (SSSR count). The van der Waals surface area contributed by atoms with Crippen LogP contribution in [0.2, 0.25) is 0 Å².